The van der Waals surface area contributed by atoms with Crippen molar-refractivity contribution in [3.8, 4) is 0 Å². The van der Waals surface area contributed by atoms with Crippen LogP contribution in [0.15, 0.2) is 53.4 Å². The number of hydrogen-bond donors (Lipinski definition) is 1. The first-order valence-electron chi connectivity index (χ1n) is 8.07. The molecule has 1 aliphatic rings. The van der Waals surface area contributed by atoms with Crippen molar-refractivity contribution in [1.82, 2.24) is 14.3 Å². The molecular formula is C18H19N3O2S. The van der Waals surface area contributed by atoms with Gasteiger partial charge in [-0.05, 0) is 49.6 Å². The average molecular weight is 341 g/mol. The molecule has 6 heteroatoms. The Balaban J connectivity index is 1.64. The third kappa shape index (κ3) is 2.83. The largest absolute Gasteiger partial charge is 0.324 e. The maximum atomic E-state index is 12.5. The standard InChI is InChI=1S/C18H19N3O2S/c1-13-5-4-6-15(11-13)24(22,23)19-12-18-20-16-7-2-3-8-17(16)21(18)14-9-10-14/h2-8,11,14,19H,9-10,12H2,1H3. The van der Waals surface area contributed by atoms with Crippen molar-refractivity contribution in [2.24, 2.45) is 0 Å². The van der Waals surface area contributed by atoms with Crippen LogP contribution in [0.1, 0.15) is 30.3 Å². The van der Waals surface area contributed by atoms with E-state index in [9.17, 15) is 8.42 Å². The Labute approximate surface area is 141 Å². The average Bonchev–Trinajstić information content (AvgIpc) is 3.33. The number of rotatable bonds is 5. The number of sulfonamides is 1. The smallest absolute Gasteiger partial charge is 0.240 e. The van der Waals surface area contributed by atoms with Crippen LogP contribution < -0.4 is 4.72 Å². The summed E-state index contributed by atoms with van der Waals surface area (Å²) in [7, 11) is -3.54. The van der Waals surface area contributed by atoms with Gasteiger partial charge >= 0.3 is 0 Å². The van der Waals surface area contributed by atoms with E-state index < -0.39 is 10.0 Å². The van der Waals surface area contributed by atoms with Gasteiger partial charge in [0.25, 0.3) is 0 Å². The quantitative estimate of drug-likeness (QED) is 0.775. The summed E-state index contributed by atoms with van der Waals surface area (Å²) in [5.41, 5.74) is 2.90. The van der Waals surface area contributed by atoms with Gasteiger partial charge in [-0.15, -0.1) is 0 Å². The summed E-state index contributed by atoms with van der Waals surface area (Å²) in [6.45, 7) is 2.08. The summed E-state index contributed by atoms with van der Waals surface area (Å²) in [5.74, 6) is 0.773. The number of imidazole rings is 1. The molecule has 1 N–H and O–H groups in total. The number of fused-ring (bicyclic) bond motifs is 1. The van der Waals surface area contributed by atoms with E-state index in [0.29, 0.717) is 6.04 Å². The molecule has 1 aliphatic carbocycles. The highest BCUT2D eigenvalue weighted by Crippen LogP contribution is 2.38. The van der Waals surface area contributed by atoms with E-state index in [1.807, 2.05) is 37.3 Å². The summed E-state index contributed by atoms with van der Waals surface area (Å²) in [6, 6.07) is 15.3. The first-order valence-corrected chi connectivity index (χ1v) is 9.55. The zero-order chi connectivity index (χ0) is 16.7. The number of nitrogens with zero attached hydrogens (tertiary/aromatic N) is 2. The van der Waals surface area contributed by atoms with Crippen molar-refractivity contribution in [1.29, 1.82) is 0 Å². The van der Waals surface area contributed by atoms with E-state index >= 15 is 0 Å². The van der Waals surface area contributed by atoms with E-state index in [2.05, 4.69) is 14.3 Å². The molecule has 0 unspecified atom stereocenters. The summed E-state index contributed by atoms with van der Waals surface area (Å²) >= 11 is 0. The van der Waals surface area contributed by atoms with Crippen molar-refractivity contribution in [2.75, 3.05) is 0 Å². The van der Waals surface area contributed by atoms with Crippen LogP contribution in [0.25, 0.3) is 11.0 Å². The lowest BCUT2D eigenvalue weighted by atomic mass is 10.2. The molecule has 0 bridgehead atoms. The lowest BCUT2D eigenvalue weighted by Crippen LogP contribution is -2.25. The molecule has 2 aromatic carbocycles. The van der Waals surface area contributed by atoms with E-state index in [0.717, 1.165) is 35.3 Å². The van der Waals surface area contributed by atoms with Gasteiger partial charge in [0.15, 0.2) is 0 Å². The second kappa shape index (κ2) is 5.72. The van der Waals surface area contributed by atoms with E-state index in [4.69, 9.17) is 0 Å². The third-order valence-electron chi connectivity index (χ3n) is 4.30. The molecule has 0 amide bonds. The van der Waals surface area contributed by atoms with Crippen molar-refractivity contribution in [3.05, 3.63) is 59.9 Å². The number of aryl methyl sites for hydroxylation is 1. The molecule has 124 valence electrons. The molecule has 0 atom stereocenters. The van der Waals surface area contributed by atoms with Crippen LogP contribution in [-0.2, 0) is 16.6 Å². The Kier molecular flexibility index (Phi) is 3.66. The molecule has 0 aliphatic heterocycles. The molecule has 0 radical (unpaired) electrons. The predicted octanol–water partition coefficient (Wildman–Crippen LogP) is 3.16. The number of aromatic nitrogens is 2. The Hall–Kier alpha value is -2.18. The van der Waals surface area contributed by atoms with E-state index in [1.165, 1.54) is 0 Å². The van der Waals surface area contributed by atoms with E-state index in [-0.39, 0.29) is 11.4 Å². The number of nitrogens with one attached hydrogen (secondary N) is 1. The van der Waals surface area contributed by atoms with E-state index in [1.54, 1.807) is 18.2 Å². The minimum atomic E-state index is -3.54. The molecule has 24 heavy (non-hydrogen) atoms. The van der Waals surface area contributed by atoms with Crippen LogP contribution in [0.3, 0.4) is 0 Å². The molecule has 1 saturated carbocycles. The Bertz CT molecular complexity index is 1000. The summed E-state index contributed by atoms with van der Waals surface area (Å²) in [5, 5.41) is 0. The highest BCUT2D eigenvalue weighted by Gasteiger charge is 2.28. The molecule has 1 heterocycles. The van der Waals surface area contributed by atoms with Crippen molar-refractivity contribution in [2.45, 2.75) is 37.2 Å². The van der Waals surface area contributed by atoms with Crippen LogP contribution in [-0.4, -0.2) is 18.0 Å². The molecule has 0 spiro atoms. The SMILES string of the molecule is Cc1cccc(S(=O)(=O)NCc2nc3ccccc3n2C2CC2)c1. The summed E-state index contributed by atoms with van der Waals surface area (Å²) in [6.07, 6.45) is 2.25. The van der Waals surface area contributed by atoms with Crippen LogP contribution in [0.5, 0.6) is 0 Å². The number of hydrogen-bond acceptors (Lipinski definition) is 3. The lowest BCUT2D eigenvalue weighted by Gasteiger charge is -2.10. The van der Waals surface area contributed by atoms with Gasteiger partial charge in [-0.3, -0.25) is 0 Å². The fourth-order valence-corrected chi connectivity index (χ4v) is 4.07. The highest BCUT2D eigenvalue weighted by atomic mass is 32.2. The van der Waals surface area contributed by atoms with Gasteiger partial charge in [-0.2, -0.15) is 0 Å². The van der Waals surface area contributed by atoms with Crippen LogP contribution >= 0.6 is 0 Å². The Morgan fingerprint density at radius 1 is 1.17 bits per heavy atom. The van der Waals surface area contributed by atoms with Gasteiger partial charge in [0, 0.05) is 6.04 Å². The highest BCUT2D eigenvalue weighted by molar-refractivity contribution is 7.89. The molecule has 5 nitrogen and oxygen atoms in total. The predicted molar refractivity (Wildman–Crippen MR) is 93.2 cm³/mol. The van der Waals surface area contributed by atoms with Crippen LogP contribution in [0, 0.1) is 6.92 Å². The normalized spacial score (nSPS) is 15.0. The molecule has 1 fully saturated rings. The van der Waals surface area contributed by atoms with Gasteiger partial charge in [0.1, 0.15) is 5.82 Å². The Morgan fingerprint density at radius 3 is 2.71 bits per heavy atom. The second-order valence-corrected chi connectivity index (χ2v) is 8.03. The molecule has 3 aromatic rings. The van der Waals surface area contributed by atoms with Crippen LogP contribution in [0.4, 0.5) is 0 Å². The number of para-hydroxylation sites is 2. The first-order chi connectivity index (χ1) is 11.5. The van der Waals surface area contributed by atoms with Gasteiger partial charge in [0.2, 0.25) is 10.0 Å². The van der Waals surface area contributed by atoms with Crippen LogP contribution in [0.2, 0.25) is 0 Å². The third-order valence-corrected chi connectivity index (χ3v) is 5.70. The topological polar surface area (TPSA) is 64.0 Å². The molecular weight excluding hydrogens is 322 g/mol. The van der Waals surface area contributed by atoms with Crippen molar-refractivity contribution in [3.63, 3.8) is 0 Å². The fraction of sp³-hybridized carbons (Fsp3) is 0.278. The minimum Gasteiger partial charge on any atom is -0.324 e. The van der Waals surface area contributed by atoms with Gasteiger partial charge in [-0.25, -0.2) is 18.1 Å². The van der Waals surface area contributed by atoms with Gasteiger partial charge in [0.05, 0.1) is 22.5 Å². The molecule has 0 saturated heterocycles. The monoisotopic (exact) mass is 341 g/mol. The zero-order valence-corrected chi connectivity index (χ0v) is 14.3. The summed E-state index contributed by atoms with van der Waals surface area (Å²) in [4.78, 5) is 4.91. The van der Waals surface area contributed by atoms with Gasteiger partial charge < -0.3 is 4.57 Å². The van der Waals surface area contributed by atoms with Crippen molar-refractivity contribution >= 4 is 21.1 Å². The Morgan fingerprint density at radius 2 is 1.96 bits per heavy atom. The lowest BCUT2D eigenvalue weighted by molar-refractivity contribution is 0.575. The maximum absolute atomic E-state index is 12.5. The second-order valence-electron chi connectivity index (χ2n) is 6.26. The fourth-order valence-electron chi connectivity index (χ4n) is 2.98. The molecule has 1 aromatic heterocycles. The minimum absolute atomic E-state index is 0.196. The van der Waals surface area contributed by atoms with Crippen molar-refractivity contribution < 1.29 is 8.42 Å². The number of benzene rings is 2. The maximum Gasteiger partial charge on any atom is 0.240 e. The summed E-state index contributed by atoms with van der Waals surface area (Å²) < 4.78 is 29.9. The van der Waals surface area contributed by atoms with Gasteiger partial charge in [-0.1, -0.05) is 24.3 Å². The molecule has 4 rings (SSSR count). The first kappa shape index (κ1) is 15.4. The zero-order valence-electron chi connectivity index (χ0n) is 13.4.